The van der Waals surface area contributed by atoms with Crippen molar-refractivity contribution in [2.75, 3.05) is 24.7 Å². The van der Waals surface area contributed by atoms with Crippen molar-refractivity contribution in [1.29, 1.82) is 0 Å². The molecule has 188 valence electrons. The second-order valence-electron chi connectivity index (χ2n) is 7.25. The molecule has 0 fully saturated rings. The third kappa shape index (κ3) is 7.02. The Kier molecular flexibility index (Phi) is 9.91. The van der Waals surface area contributed by atoms with Crippen LogP contribution in [0.1, 0.15) is 9.75 Å². The summed E-state index contributed by atoms with van der Waals surface area (Å²) in [5.74, 6) is 0.654. The molecule has 0 aliphatic carbocycles. The summed E-state index contributed by atoms with van der Waals surface area (Å²) in [6.07, 6.45) is 0. The number of hydrogen-bond acceptors (Lipinski definition) is 6. The van der Waals surface area contributed by atoms with Crippen molar-refractivity contribution in [3.8, 4) is 5.69 Å². The zero-order valence-electron chi connectivity index (χ0n) is 20.2. The van der Waals surface area contributed by atoms with Gasteiger partial charge in [-0.15, -0.1) is 11.3 Å². The maximum Gasteiger partial charge on any atom is 0.333 e. The molecular formula is C25H26FN5O4S. The van der Waals surface area contributed by atoms with Crippen LogP contribution in [0.2, 0.25) is 0 Å². The molecule has 0 radical (unpaired) electrons. The summed E-state index contributed by atoms with van der Waals surface area (Å²) in [7, 11) is 3.02. The predicted octanol–water partition coefficient (Wildman–Crippen LogP) is 3.98. The average molecular weight is 512 g/mol. The highest BCUT2D eigenvalue weighted by atomic mass is 32.1. The Morgan fingerprint density at radius 3 is 2.11 bits per heavy atom. The van der Waals surface area contributed by atoms with Crippen molar-refractivity contribution in [1.82, 2.24) is 14.9 Å². The minimum atomic E-state index is -0.650. The molecule has 0 saturated heterocycles. The van der Waals surface area contributed by atoms with Gasteiger partial charge in [0.1, 0.15) is 11.8 Å². The lowest BCUT2D eigenvalue weighted by Crippen LogP contribution is -2.33. The fraction of sp³-hybridized carbons (Fsp3) is 0.160. The number of rotatable bonds is 3. The maximum absolute atomic E-state index is 14.0. The summed E-state index contributed by atoms with van der Waals surface area (Å²) < 4.78 is 14.9. The Morgan fingerprint density at radius 2 is 1.64 bits per heavy atom. The second kappa shape index (κ2) is 12.8. The first-order valence-corrected chi connectivity index (χ1v) is 11.4. The van der Waals surface area contributed by atoms with E-state index in [9.17, 15) is 18.8 Å². The van der Waals surface area contributed by atoms with Crippen molar-refractivity contribution in [3.05, 3.63) is 91.5 Å². The van der Waals surface area contributed by atoms with Gasteiger partial charge in [0.05, 0.1) is 22.3 Å². The molecule has 4 aromatic rings. The van der Waals surface area contributed by atoms with Crippen LogP contribution < -0.4 is 27.2 Å². The van der Waals surface area contributed by atoms with Crippen LogP contribution in [0.15, 0.2) is 64.7 Å². The van der Waals surface area contributed by atoms with Gasteiger partial charge in [-0.2, -0.15) is 0 Å². The van der Waals surface area contributed by atoms with Gasteiger partial charge in [0, 0.05) is 29.5 Å². The average Bonchev–Trinajstić information content (AvgIpc) is 3.23. The van der Waals surface area contributed by atoms with Gasteiger partial charge in [0.25, 0.3) is 5.56 Å². The number of hydrogen-bond donors (Lipinski definition) is 4. The number of thiophene rings is 1. The van der Waals surface area contributed by atoms with E-state index in [0.717, 1.165) is 10.6 Å². The van der Waals surface area contributed by atoms with E-state index in [1.54, 1.807) is 12.1 Å². The summed E-state index contributed by atoms with van der Waals surface area (Å²) in [5, 5.41) is 7.68. The van der Waals surface area contributed by atoms with E-state index in [1.807, 2.05) is 11.3 Å². The molecule has 0 aliphatic heterocycles. The SMILES string of the molecule is C=C=O.CNC(=O)Nc1ccc(-n2c(=O)[nH]c3cc(NC)c(F)cc3c2=O)cc1.Cc1ccc(C)s1. The summed E-state index contributed by atoms with van der Waals surface area (Å²) in [6, 6.07) is 12.4. The van der Waals surface area contributed by atoms with Crippen molar-refractivity contribution in [2.45, 2.75) is 13.8 Å². The molecule has 4 N–H and O–H groups in total. The van der Waals surface area contributed by atoms with Crippen LogP contribution in [0.4, 0.5) is 20.6 Å². The molecule has 0 spiro atoms. The molecule has 0 bridgehead atoms. The highest BCUT2D eigenvalue weighted by molar-refractivity contribution is 7.11. The molecule has 0 aliphatic rings. The molecule has 2 aromatic heterocycles. The fourth-order valence-corrected chi connectivity index (χ4v) is 3.89. The number of carbonyl (C=O) groups excluding carboxylic acids is 2. The van der Waals surface area contributed by atoms with E-state index < -0.39 is 23.1 Å². The van der Waals surface area contributed by atoms with E-state index >= 15 is 0 Å². The minimum Gasteiger partial charge on any atom is -0.386 e. The lowest BCUT2D eigenvalue weighted by Gasteiger charge is -2.10. The first-order chi connectivity index (χ1) is 17.1. The zero-order chi connectivity index (χ0) is 26.8. The Labute approximate surface area is 210 Å². The van der Waals surface area contributed by atoms with Gasteiger partial charge >= 0.3 is 11.7 Å². The van der Waals surface area contributed by atoms with Gasteiger partial charge in [-0.3, -0.25) is 4.79 Å². The number of anilines is 2. The number of fused-ring (bicyclic) bond motifs is 1. The van der Waals surface area contributed by atoms with Crippen LogP contribution >= 0.6 is 11.3 Å². The number of urea groups is 1. The number of nitrogens with zero attached hydrogens (tertiary/aromatic N) is 1. The van der Waals surface area contributed by atoms with E-state index in [4.69, 9.17) is 4.79 Å². The number of carbonyl (C=O) groups is 1. The summed E-state index contributed by atoms with van der Waals surface area (Å²) in [5.41, 5.74) is -0.0999. The normalized spacial score (nSPS) is 9.69. The Hall–Kier alpha value is -4.47. The monoisotopic (exact) mass is 511 g/mol. The van der Waals surface area contributed by atoms with E-state index in [1.165, 1.54) is 48.0 Å². The number of nitrogens with one attached hydrogen (secondary N) is 4. The topological polar surface area (TPSA) is 125 Å². The fourth-order valence-electron chi connectivity index (χ4n) is 3.11. The number of H-pyrrole nitrogens is 1. The van der Waals surface area contributed by atoms with Gasteiger partial charge < -0.3 is 20.9 Å². The van der Waals surface area contributed by atoms with Crippen LogP contribution in [0.5, 0.6) is 0 Å². The van der Waals surface area contributed by atoms with Gasteiger partial charge in [-0.05, 0) is 69.0 Å². The Bertz CT molecular complexity index is 1480. The second-order valence-corrected chi connectivity index (χ2v) is 8.74. The van der Waals surface area contributed by atoms with E-state index in [0.29, 0.717) is 11.4 Å². The van der Waals surface area contributed by atoms with Gasteiger partial charge in [-0.1, -0.05) is 0 Å². The smallest absolute Gasteiger partial charge is 0.333 e. The summed E-state index contributed by atoms with van der Waals surface area (Å²) >= 11 is 1.84. The highest BCUT2D eigenvalue weighted by Gasteiger charge is 2.13. The quantitative estimate of drug-likeness (QED) is 0.310. The molecule has 2 heterocycles. The Balaban J connectivity index is 0.000000383. The Morgan fingerprint density at radius 1 is 1.06 bits per heavy atom. The number of halogens is 1. The zero-order valence-corrected chi connectivity index (χ0v) is 21.0. The standard InChI is InChI=1S/C17H16FN5O3.C6H8S.C2H2O/c1-19-14-8-13-11(7-12(14)18)15(24)23(17(26)22-13)10-5-3-9(4-6-10)21-16(25)20-2;1-5-3-4-6(2)7-5;1-2-3/h3-8,19H,1-2H3,(H,22,26)(H2,20,21,25);3-4H,1-2H3;1H2. The minimum absolute atomic E-state index is 0.0497. The largest absolute Gasteiger partial charge is 0.386 e. The first kappa shape index (κ1) is 27.8. The van der Waals surface area contributed by atoms with E-state index in [2.05, 4.69) is 53.5 Å². The highest BCUT2D eigenvalue weighted by Crippen LogP contribution is 2.19. The molecule has 4 rings (SSSR count). The molecule has 0 unspecified atom stereocenters. The van der Waals surface area contributed by atoms with E-state index in [-0.39, 0.29) is 16.6 Å². The van der Waals surface area contributed by atoms with Gasteiger partial charge in [-0.25, -0.2) is 23.3 Å². The number of amides is 2. The molecule has 11 heteroatoms. The number of aromatic nitrogens is 2. The molecule has 36 heavy (non-hydrogen) atoms. The molecule has 0 saturated carbocycles. The number of aromatic amines is 1. The summed E-state index contributed by atoms with van der Waals surface area (Å²) in [4.78, 5) is 50.3. The van der Waals surface area contributed by atoms with Crippen LogP contribution in [0.25, 0.3) is 16.6 Å². The van der Waals surface area contributed by atoms with Crippen LogP contribution in [0, 0.1) is 19.7 Å². The van der Waals surface area contributed by atoms with Crippen molar-refractivity contribution < 1.29 is 14.0 Å². The lowest BCUT2D eigenvalue weighted by atomic mass is 10.2. The predicted molar refractivity (Wildman–Crippen MR) is 143 cm³/mol. The molecule has 9 nitrogen and oxygen atoms in total. The van der Waals surface area contributed by atoms with Crippen molar-refractivity contribution >= 4 is 45.6 Å². The molecule has 2 aromatic carbocycles. The van der Waals surface area contributed by atoms with Crippen LogP contribution in [-0.4, -0.2) is 35.6 Å². The van der Waals surface area contributed by atoms with Gasteiger partial charge in [0.15, 0.2) is 0 Å². The van der Waals surface area contributed by atoms with Crippen molar-refractivity contribution in [2.24, 2.45) is 0 Å². The number of benzene rings is 2. The number of aryl methyl sites for hydroxylation is 2. The lowest BCUT2D eigenvalue weighted by molar-refractivity contribution is 0.254. The third-order valence-corrected chi connectivity index (χ3v) is 5.66. The van der Waals surface area contributed by atoms with Gasteiger partial charge in [0.2, 0.25) is 0 Å². The third-order valence-electron chi connectivity index (χ3n) is 4.74. The summed E-state index contributed by atoms with van der Waals surface area (Å²) in [6.45, 7) is 6.93. The molecule has 0 atom stereocenters. The first-order valence-electron chi connectivity index (χ1n) is 10.6. The van der Waals surface area contributed by atoms with Crippen LogP contribution in [0.3, 0.4) is 0 Å². The molecule has 2 amide bonds. The van der Waals surface area contributed by atoms with Crippen LogP contribution in [-0.2, 0) is 4.79 Å². The maximum atomic E-state index is 14.0. The van der Waals surface area contributed by atoms with Crippen molar-refractivity contribution in [3.63, 3.8) is 0 Å². The molecular weight excluding hydrogens is 485 g/mol.